The van der Waals surface area contributed by atoms with Gasteiger partial charge in [0.15, 0.2) is 0 Å². The first-order valence-electron chi connectivity index (χ1n) is 9.14. The van der Waals surface area contributed by atoms with Crippen molar-refractivity contribution >= 4 is 23.5 Å². The van der Waals surface area contributed by atoms with Crippen LogP contribution in [0.3, 0.4) is 0 Å². The molecule has 134 valence electrons. The summed E-state index contributed by atoms with van der Waals surface area (Å²) in [7, 11) is -0.409. The number of rotatable bonds is 3. The van der Waals surface area contributed by atoms with Crippen LogP contribution in [0.4, 0.5) is 0 Å². The summed E-state index contributed by atoms with van der Waals surface area (Å²) < 4.78 is 18.3. The molecule has 0 amide bonds. The molecule has 0 radical (unpaired) electrons. The first-order chi connectivity index (χ1) is 12.3. The molecular weight excluding hydrogens is 329 g/mol. The van der Waals surface area contributed by atoms with E-state index < -0.39 is 7.12 Å². The van der Waals surface area contributed by atoms with Crippen LogP contribution in [-0.2, 0) is 9.31 Å². The summed E-state index contributed by atoms with van der Waals surface area (Å²) in [6, 6.07) is 6.09. The van der Waals surface area contributed by atoms with Gasteiger partial charge in [-0.05, 0) is 64.1 Å². The van der Waals surface area contributed by atoms with E-state index in [9.17, 15) is 0 Å². The number of nitrogens with one attached hydrogen (secondary N) is 1. The summed E-state index contributed by atoms with van der Waals surface area (Å²) in [5.74, 6) is 1.77. The number of aromatic amines is 1. The van der Waals surface area contributed by atoms with Gasteiger partial charge in [-0.1, -0.05) is 0 Å². The van der Waals surface area contributed by atoms with Crippen molar-refractivity contribution < 1.29 is 13.7 Å². The van der Waals surface area contributed by atoms with E-state index in [-0.39, 0.29) is 11.2 Å². The predicted molar refractivity (Wildman–Crippen MR) is 99.3 cm³/mol. The molecule has 0 unspecified atom stereocenters. The van der Waals surface area contributed by atoms with Crippen LogP contribution in [0.5, 0.6) is 0 Å². The predicted octanol–water partition coefficient (Wildman–Crippen LogP) is 3.39. The Balaban J connectivity index is 1.53. The molecule has 1 N–H and O–H groups in total. The van der Waals surface area contributed by atoms with E-state index in [1.165, 1.54) is 0 Å². The molecule has 0 atom stereocenters. The highest BCUT2D eigenvalue weighted by Crippen LogP contribution is 2.40. The Morgan fingerprint density at radius 2 is 1.81 bits per heavy atom. The van der Waals surface area contributed by atoms with Crippen LogP contribution >= 0.6 is 0 Å². The van der Waals surface area contributed by atoms with Crippen molar-refractivity contribution in [1.82, 2.24) is 15.2 Å². The van der Waals surface area contributed by atoms with Gasteiger partial charge >= 0.3 is 7.12 Å². The lowest BCUT2D eigenvalue weighted by Gasteiger charge is -2.32. The third kappa shape index (κ3) is 2.41. The fourth-order valence-corrected chi connectivity index (χ4v) is 3.29. The molecule has 6 nitrogen and oxygen atoms in total. The van der Waals surface area contributed by atoms with Crippen molar-refractivity contribution in [3.63, 3.8) is 0 Å². The van der Waals surface area contributed by atoms with E-state index in [1.807, 2.05) is 18.3 Å². The highest BCUT2D eigenvalue weighted by molar-refractivity contribution is 6.65. The summed E-state index contributed by atoms with van der Waals surface area (Å²) in [6.45, 7) is 8.24. The van der Waals surface area contributed by atoms with Crippen molar-refractivity contribution in [3.05, 3.63) is 30.3 Å². The first-order valence-corrected chi connectivity index (χ1v) is 9.14. The first kappa shape index (κ1) is 16.1. The number of benzene rings is 1. The Bertz CT molecular complexity index is 971. The summed E-state index contributed by atoms with van der Waals surface area (Å²) in [5.41, 5.74) is 2.19. The fourth-order valence-electron chi connectivity index (χ4n) is 3.29. The highest BCUT2D eigenvalue weighted by Gasteiger charge is 2.52. The zero-order valence-corrected chi connectivity index (χ0v) is 15.5. The van der Waals surface area contributed by atoms with E-state index in [1.54, 1.807) is 0 Å². The summed E-state index contributed by atoms with van der Waals surface area (Å²) in [6.07, 6.45) is 4.25. The Morgan fingerprint density at radius 3 is 2.50 bits per heavy atom. The smallest absolute Gasteiger partial charge is 0.420 e. The molecule has 1 aromatic carbocycles. The standard InChI is InChI=1S/C19H22BN3O3/c1-18(2)19(3,4)26-20(25-18)14-10-21-15-8-7-12(9-13(14)15)17-23-22-16(24-17)11-5-6-11/h7-11,21H,5-6H2,1-4H3. The maximum atomic E-state index is 6.21. The molecule has 3 aromatic rings. The minimum Gasteiger partial charge on any atom is -0.420 e. The zero-order valence-electron chi connectivity index (χ0n) is 15.5. The SMILES string of the molecule is CC1(C)OB(c2c[nH]c3ccc(-c4nnc(C5CC5)o4)cc23)OC1(C)C. The molecule has 2 aromatic heterocycles. The largest absolute Gasteiger partial charge is 0.497 e. The monoisotopic (exact) mass is 351 g/mol. The minimum absolute atomic E-state index is 0.371. The van der Waals surface area contributed by atoms with Gasteiger partial charge in [0.2, 0.25) is 11.8 Å². The van der Waals surface area contributed by atoms with Gasteiger partial charge in [-0.25, -0.2) is 0 Å². The average Bonchev–Trinajstić information content (AvgIpc) is 3.08. The zero-order chi connectivity index (χ0) is 18.1. The maximum Gasteiger partial charge on any atom is 0.497 e. The Kier molecular flexibility index (Phi) is 3.22. The summed E-state index contributed by atoms with van der Waals surface area (Å²) in [4.78, 5) is 3.31. The van der Waals surface area contributed by atoms with Gasteiger partial charge in [0, 0.05) is 28.7 Å². The normalized spacial score (nSPS) is 21.6. The summed E-state index contributed by atoms with van der Waals surface area (Å²) in [5, 5.41) is 9.46. The molecule has 1 aliphatic heterocycles. The van der Waals surface area contributed by atoms with Crippen LogP contribution < -0.4 is 5.46 Å². The Labute approximate surface area is 152 Å². The molecule has 2 aliphatic rings. The lowest BCUT2D eigenvalue weighted by Crippen LogP contribution is -2.41. The number of hydrogen-bond acceptors (Lipinski definition) is 5. The number of aromatic nitrogens is 3. The van der Waals surface area contributed by atoms with Gasteiger partial charge in [-0.15, -0.1) is 10.2 Å². The van der Waals surface area contributed by atoms with Crippen LogP contribution in [0.15, 0.2) is 28.8 Å². The van der Waals surface area contributed by atoms with E-state index in [4.69, 9.17) is 13.7 Å². The van der Waals surface area contributed by atoms with E-state index >= 15 is 0 Å². The summed E-state index contributed by atoms with van der Waals surface area (Å²) >= 11 is 0. The molecule has 26 heavy (non-hydrogen) atoms. The van der Waals surface area contributed by atoms with Gasteiger partial charge in [0.05, 0.1) is 11.2 Å². The van der Waals surface area contributed by atoms with Crippen LogP contribution in [-0.4, -0.2) is 33.5 Å². The van der Waals surface area contributed by atoms with Crippen molar-refractivity contribution in [2.45, 2.75) is 57.7 Å². The molecule has 3 heterocycles. The molecule has 5 rings (SSSR count). The van der Waals surface area contributed by atoms with E-state index in [0.29, 0.717) is 11.8 Å². The molecular formula is C19H22BN3O3. The molecule has 2 fully saturated rings. The second kappa shape index (κ2) is 5.21. The van der Waals surface area contributed by atoms with Gasteiger partial charge in [-0.2, -0.15) is 0 Å². The quantitative estimate of drug-likeness (QED) is 0.732. The number of H-pyrrole nitrogens is 1. The Morgan fingerprint density at radius 1 is 1.08 bits per heavy atom. The molecule has 1 aliphatic carbocycles. The lowest BCUT2D eigenvalue weighted by atomic mass is 9.79. The van der Waals surface area contributed by atoms with Crippen LogP contribution in [0.25, 0.3) is 22.4 Å². The van der Waals surface area contributed by atoms with Crippen LogP contribution in [0.1, 0.15) is 52.3 Å². The number of fused-ring (bicyclic) bond motifs is 1. The number of nitrogens with zero attached hydrogens (tertiary/aromatic N) is 2. The van der Waals surface area contributed by atoms with E-state index in [0.717, 1.165) is 40.7 Å². The molecule has 1 saturated carbocycles. The third-order valence-electron chi connectivity index (χ3n) is 5.84. The third-order valence-corrected chi connectivity index (χ3v) is 5.84. The van der Waals surface area contributed by atoms with Gasteiger partial charge in [0.25, 0.3) is 0 Å². The second-order valence-electron chi connectivity index (χ2n) is 8.31. The average molecular weight is 351 g/mol. The van der Waals surface area contributed by atoms with Gasteiger partial charge < -0.3 is 18.7 Å². The highest BCUT2D eigenvalue weighted by atomic mass is 16.7. The topological polar surface area (TPSA) is 73.2 Å². The van der Waals surface area contributed by atoms with Crippen molar-refractivity contribution in [1.29, 1.82) is 0 Å². The van der Waals surface area contributed by atoms with Gasteiger partial charge in [-0.3, -0.25) is 0 Å². The van der Waals surface area contributed by atoms with Crippen molar-refractivity contribution in [2.75, 3.05) is 0 Å². The second-order valence-corrected chi connectivity index (χ2v) is 8.31. The number of hydrogen-bond donors (Lipinski definition) is 1. The van der Waals surface area contributed by atoms with Crippen molar-refractivity contribution in [2.24, 2.45) is 0 Å². The maximum absolute atomic E-state index is 6.21. The fraction of sp³-hybridized carbons (Fsp3) is 0.474. The van der Waals surface area contributed by atoms with Crippen LogP contribution in [0, 0.1) is 0 Å². The van der Waals surface area contributed by atoms with E-state index in [2.05, 4.69) is 48.9 Å². The molecule has 1 saturated heterocycles. The van der Waals surface area contributed by atoms with Crippen LogP contribution in [0.2, 0.25) is 0 Å². The lowest BCUT2D eigenvalue weighted by molar-refractivity contribution is 0.00578. The minimum atomic E-state index is -0.409. The van der Waals surface area contributed by atoms with Crippen molar-refractivity contribution in [3.8, 4) is 11.5 Å². The Hall–Kier alpha value is -2.12. The van der Waals surface area contributed by atoms with Gasteiger partial charge in [0.1, 0.15) is 0 Å². The molecule has 0 bridgehead atoms. The molecule has 0 spiro atoms. The molecule has 7 heteroatoms.